The Morgan fingerprint density at radius 2 is 2.00 bits per heavy atom. The lowest BCUT2D eigenvalue weighted by Gasteiger charge is -2.15. The van der Waals surface area contributed by atoms with Crippen molar-refractivity contribution in [3.05, 3.63) is 6.42 Å². The van der Waals surface area contributed by atoms with Gasteiger partial charge >= 0.3 is 0 Å². The van der Waals surface area contributed by atoms with Crippen LogP contribution < -0.4 is 0 Å². The topological polar surface area (TPSA) is 20.2 Å². The zero-order chi connectivity index (χ0) is 6.62. The van der Waals surface area contributed by atoms with Crippen molar-refractivity contribution in [2.75, 3.05) is 0 Å². The molecule has 0 amide bonds. The third-order valence-electron chi connectivity index (χ3n) is 1.04. The fourth-order valence-electron chi connectivity index (χ4n) is 0.498. The van der Waals surface area contributed by atoms with Gasteiger partial charge in [-0.15, -0.1) is 0 Å². The molecule has 0 unspecified atom stereocenters. The first-order valence-electron chi connectivity index (χ1n) is 3.06. The Hall–Kier alpha value is -0.0400. The Morgan fingerprint density at radius 3 is 2.12 bits per heavy atom. The van der Waals surface area contributed by atoms with Crippen molar-refractivity contribution in [1.82, 2.24) is 0 Å². The highest BCUT2D eigenvalue weighted by Crippen LogP contribution is 2.10. The van der Waals surface area contributed by atoms with Gasteiger partial charge in [-0.25, -0.2) is 0 Å². The summed E-state index contributed by atoms with van der Waals surface area (Å²) >= 11 is 0. The fraction of sp³-hybridized carbons (Fsp3) is 0.857. The molecule has 0 aromatic heterocycles. The van der Waals surface area contributed by atoms with E-state index in [1.54, 1.807) is 0 Å². The molecule has 0 aromatic rings. The van der Waals surface area contributed by atoms with Gasteiger partial charge in [0.1, 0.15) is 0 Å². The van der Waals surface area contributed by atoms with E-state index in [1.165, 1.54) is 0 Å². The van der Waals surface area contributed by atoms with Crippen LogP contribution in [-0.4, -0.2) is 10.7 Å². The third-order valence-corrected chi connectivity index (χ3v) is 1.04. The quantitative estimate of drug-likeness (QED) is 0.594. The summed E-state index contributed by atoms with van der Waals surface area (Å²) in [6, 6.07) is 0. The first kappa shape index (κ1) is 7.96. The van der Waals surface area contributed by atoms with E-state index in [0.717, 1.165) is 12.8 Å². The summed E-state index contributed by atoms with van der Waals surface area (Å²) in [5, 5.41) is 9.13. The number of unbranched alkanes of at least 4 members (excludes halogenated alkanes) is 1. The molecule has 0 aliphatic rings. The molecule has 0 aliphatic heterocycles. The standard InChI is InChI=1S/C7H15O/c1-4-5-6-7(2,3)8/h4,8H,5-6H2,1-3H3. The monoisotopic (exact) mass is 115 g/mol. The smallest absolute Gasteiger partial charge is 0.0591 e. The number of hydrogen-bond acceptors (Lipinski definition) is 1. The van der Waals surface area contributed by atoms with E-state index in [9.17, 15) is 0 Å². The van der Waals surface area contributed by atoms with Crippen LogP contribution in [0.5, 0.6) is 0 Å². The molecule has 0 aromatic carbocycles. The maximum atomic E-state index is 9.13. The van der Waals surface area contributed by atoms with Crippen molar-refractivity contribution in [3.63, 3.8) is 0 Å². The van der Waals surface area contributed by atoms with Crippen LogP contribution in [0.1, 0.15) is 33.6 Å². The summed E-state index contributed by atoms with van der Waals surface area (Å²) in [6.45, 7) is 5.67. The molecule has 0 fully saturated rings. The SMILES string of the molecule is C[CH]CCC(C)(C)O. The average molecular weight is 115 g/mol. The maximum Gasteiger partial charge on any atom is 0.0591 e. The van der Waals surface area contributed by atoms with Gasteiger partial charge in [-0.3, -0.25) is 0 Å². The van der Waals surface area contributed by atoms with Crippen LogP contribution in [0.3, 0.4) is 0 Å². The van der Waals surface area contributed by atoms with Crippen LogP contribution in [0, 0.1) is 6.42 Å². The Bertz CT molecular complexity index is 51.9. The van der Waals surface area contributed by atoms with Gasteiger partial charge in [-0.1, -0.05) is 6.92 Å². The summed E-state index contributed by atoms with van der Waals surface area (Å²) in [7, 11) is 0. The largest absolute Gasteiger partial charge is 0.390 e. The molecule has 0 saturated carbocycles. The summed E-state index contributed by atoms with van der Waals surface area (Å²) in [5.41, 5.74) is -0.480. The van der Waals surface area contributed by atoms with Gasteiger partial charge in [0.05, 0.1) is 5.60 Å². The molecule has 0 bridgehead atoms. The van der Waals surface area contributed by atoms with Crippen molar-refractivity contribution in [3.8, 4) is 0 Å². The molecule has 0 aliphatic carbocycles. The number of rotatable bonds is 3. The van der Waals surface area contributed by atoms with Crippen LogP contribution in [0.2, 0.25) is 0 Å². The number of aliphatic hydroxyl groups is 1. The van der Waals surface area contributed by atoms with Gasteiger partial charge < -0.3 is 5.11 Å². The molecule has 8 heavy (non-hydrogen) atoms. The second kappa shape index (κ2) is 3.08. The van der Waals surface area contributed by atoms with Gasteiger partial charge in [0, 0.05) is 0 Å². The molecule has 0 rings (SSSR count). The Balaban J connectivity index is 3.11. The normalized spacial score (nSPS) is 12.0. The molecular weight excluding hydrogens is 100 g/mol. The van der Waals surface area contributed by atoms with E-state index in [0.29, 0.717) is 0 Å². The lowest BCUT2D eigenvalue weighted by atomic mass is 10.0. The second-order valence-electron chi connectivity index (χ2n) is 2.76. The zero-order valence-electron chi connectivity index (χ0n) is 5.94. The molecule has 1 heteroatoms. The molecular formula is C7H15O. The molecule has 0 heterocycles. The van der Waals surface area contributed by atoms with E-state index < -0.39 is 5.60 Å². The van der Waals surface area contributed by atoms with Gasteiger partial charge in [0.2, 0.25) is 0 Å². The predicted molar refractivity (Wildman–Crippen MR) is 35.5 cm³/mol. The second-order valence-corrected chi connectivity index (χ2v) is 2.76. The highest BCUT2D eigenvalue weighted by atomic mass is 16.3. The number of hydrogen-bond donors (Lipinski definition) is 1. The van der Waals surface area contributed by atoms with Crippen LogP contribution in [0.15, 0.2) is 0 Å². The minimum atomic E-state index is -0.480. The van der Waals surface area contributed by atoms with E-state index in [2.05, 4.69) is 6.42 Å². The van der Waals surface area contributed by atoms with Crippen LogP contribution in [0.4, 0.5) is 0 Å². The van der Waals surface area contributed by atoms with Crippen molar-refractivity contribution in [1.29, 1.82) is 0 Å². The Labute approximate surface area is 51.7 Å². The molecule has 0 atom stereocenters. The zero-order valence-corrected chi connectivity index (χ0v) is 5.94. The fourth-order valence-corrected chi connectivity index (χ4v) is 0.498. The first-order chi connectivity index (χ1) is 3.56. The first-order valence-corrected chi connectivity index (χ1v) is 3.06. The van der Waals surface area contributed by atoms with E-state index in [-0.39, 0.29) is 0 Å². The summed E-state index contributed by atoms with van der Waals surface area (Å²) < 4.78 is 0. The lowest BCUT2D eigenvalue weighted by Crippen LogP contribution is -2.17. The van der Waals surface area contributed by atoms with Crippen molar-refractivity contribution < 1.29 is 5.11 Å². The molecule has 1 nitrogen and oxygen atoms in total. The average Bonchev–Trinajstić information content (AvgIpc) is 1.59. The van der Waals surface area contributed by atoms with Crippen LogP contribution in [-0.2, 0) is 0 Å². The van der Waals surface area contributed by atoms with Crippen molar-refractivity contribution in [2.24, 2.45) is 0 Å². The molecule has 1 N–H and O–H groups in total. The lowest BCUT2D eigenvalue weighted by molar-refractivity contribution is 0.0711. The Morgan fingerprint density at radius 1 is 1.50 bits per heavy atom. The van der Waals surface area contributed by atoms with Crippen molar-refractivity contribution >= 4 is 0 Å². The van der Waals surface area contributed by atoms with Crippen LogP contribution >= 0.6 is 0 Å². The molecule has 0 saturated heterocycles. The van der Waals surface area contributed by atoms with Gasteiger partial charge in [0.15, 0.2) is 0 Å². The van der Waals surface area contributed by atoms with E-state index in [4.69, 9.17) is 5.11 Å². The summed E-state index contributed by atoms with van der Waals surface area (Å²) in [4.78, 5) is 0. The van der Waals surface area contributed by atoms with E-state index in [1.807, 2.05) is 20.8 Å². The maximum absolute atomic E-state index is 9.13. The van der Waals surface area contributed by atoms with Gasteiger partial charge in [-0.2, -0.15) is 0 Å². The third kappa shape index (κ3) is 5.96. The highest BCUT2D eigenvalue weighted by Gasteiger charge is 2.09. The Kier molecular flexibility index (Phi) is 3.06. The van der Waals surface area contributed by atoms with E-state index >= 15 is 0 Å². The summed E-state index contributed by atoms with van der Waals surface area (Å²) in [6.07, 6.45) is 3.94. The van der Waals surface area contributed by atoms with Gasteiger partial charge in [0.25, 0.3) is 0 Å². The molecule has 1 radical (unpaired) electrons. The van der Waals surface area contributed by atoms with Gasteiger partial charge in [-0.05, 0) is 33.1 Å². The minimum absolute atomic E-state index is 0.480. The summed E-state index contributed by atoms with van der Waals surface area (Å²) in [5.74, 6) is 0. The van der Waals surface area contributed by atoms with Crippen molar-refractivity contribution in [2.45, 2.75) is 39.2 Å². The predicted octanol–water partition coefficient (Wildman–Crippen LogP) is 1.76. The molecule has 0 spiro atoms. The highest BCUT2D eigenvalue weighted by molar-refractivity contribution is 4.68. The van der Waals surface area contributed by atoms with Crippen LogP contribution in [0.25, 0.3) is 0 Å². The minimum Gasteiger partial charge on any atom is -0.390 e. The molecule has 49 valence electrons.